The quantitative estimate of drug-likeness (QED) is 0.570. The molecule has 0 N–H and O–H groups in total. The summed E-state index contributed by atoms with van der Waals surface area (Å²) in [7, 11) is 0. The van der Waals surface area contributed by atoms with Gasteiger partial charge in [-0.3, -0.25) is 0 Å². The third-order valence-electron chi connectivity index (χ3n) is 4.06. The van der Waals surface area contributed by atoms with Crippen molar-refractivity contribution in [2.24, 2.45) is 23.7 Å². The van der Waals surface area contributed by atoms with Crippen molar-refractivity contribution in [3.05, 3.63) is 23.8 Å². The minimum absolute atomic E-state index is 0.756. The molecule has 0 aromatic heterocycles. The second-order valence-electron chi connectivity index (χ2n) is 6.18. The molecule has 16 heavy (non-hydrogen) atoms. The Bertz CT molecular complexity index is 270. The van der Waals surface area contributed by atoms with Gasteiger partial charge in [0.15, 0.2) is 0 Å². The molecule has 0 bridgehead atoms. The maximum absolute atomic E-state index is 4.10. The zero-order chi connectivity index (χ0) is 12.3. The summed E-state index contributed by atoms with van der Waals surface area (Å²) in [5, 5.41) is 0. The van der Waals surface area contributed by atoms with Crippen LogP contribution in [0.3, 0.4) is 0 Å². The molecule has 0 heterocycles. The molecule has 3 atom stereocenters. The third-order valence-corrected chi connectivity index (χ3v) is 4.06. The highest BCUT2D eigenvalue weighted by Crippen LogP contribution is 2.39. The van der Waals surface area contributed by atoms with Gasteiger partial charge >= 0.3 is 0 Å². The Morgan fingerprint density at radius 3 is 2.62 bits per heavy atom. The average molecular weight is 220 g/mol. The van der Waals surface area contributed by atoms with Crippen molar-refractivity contribution in [2.45, 2.75) is 53.9 Å². The summed E-state index contributed by atoms with van der Waals surface area (Å²) in [6.45, 7) is 15.7. The van der Waals surface area contributed by atoms with Gasteiger partial charge in [-0.15, -0.1) is 6.58 Å². The van der Waals surface area contributed by atoms with Crippen molar-refractivity contribution in [3.63, 3.8) is 0 Å². The fourth-order valence-corrected chi connectivity index (χ4v) is 2.99. The summed E-state index contributed by atoms with van der Waals surface area (Å²) >= 11 is 0. The van der Waals surface area contributed by atoms with Gasteiger partial charge in [-0.2, -0.15) is 0 Å². The predicted molar refractivity (Wildman–Crippen MR) is 73.4 cm³/mol. The van der Waals surface area contributed by atoms with E-state index in [0.717, 1.165) is 23.7 Å². The molecule has 0 radical (unpaired) electrons. The Labute approximate surface area is 102 Å². The Morgan fingerprint density at radius 1 is 1.50 bits per heavy atom. The number of rotatable bonds is 4. The Kier molecular flexibility index (Phi) is 4.83. The van der Waals surface area contributed by atoms with E-state index in [1.165, 1.54) is 24.8 Å². The van der Waals surface area contributed by atoms with Crippen LogP contribution in [0, 0.1) is 23.7 Å². The summed E-state index contributed by atoms with van der Waals surface area (Å²) < 4.78 is 0. The molecule has 1 rings (SSSR count). The lowest BCUT2D eigenvalue weighted by atomic mass is 9.69. The van der Waals surface area contributed by atoms with Gasteiger partial charge in [0.25, 0.3) is 0 Å². The van der Waals surface area contributed by atoms with E-state index < -0.39 is 0 Å². The molecule has 0 saturated carbocycles. The molecule has 0 aliphatic heterocycles. The van der Waals surface area contributed by atoms with E-state index >= 15 is 0 Å². The molecule has 0 aromatic carbocycles. The first kappa shape index (κ1) is 13.5. The summed E-state index contributed by atoms with van der Waals surface area (Å²) in [6, 6.07) is 0. The lowest BCUT2D eigenvalue weighted by molar-refractivity contribution is 0.212. The highest BCUT2D eigenvalue weighted by molar-refractivity contribution is 5.09. The van der Waals surface area contributed by atoms with Crippen LogP contribution in [-0.4, -0.2) is 0 Å². The first-order valence-corrected chi connectivity index (χ1v) is 6.73. The molecule has 0 spiro atoms. The fourth-order valence-electron chi connectivity index (χ4n) is 2.99. The normalized spacial score (nSPS) is 27.8. The topological polar surface area (TPSA) is 0 Å². The van der Waals surface area contributed by atoms with Gasteiger partial charge in [0.2, 0.25) is 0 Å². The van der Waals surface area contributed by atoms with Crippen molar-refractivity contribution in [3.8, 4) is 0 Å². The molecule has 0 saturated heterocycles. The Balaban J connectivity index is 2.83. The minimum Gasteiger partial charge on any atom is -0.100 e. The second-order valence-corrected chi connectivity index (χ2v) is 6.18. The van der Waals surface area contributed by atoms with Gasteiger partial charge in [0.05, 0.1) is 0 Å². The average Bonchev–Trinajstić information content (AvgIpc) is 2.18. The standard InChI is InChI=1S/C16H28/c1-11(2)9-15(12(3)4)16-10-13(5)7-8-14(16)6/h10,12,14-16H,1,7-9H2,2-6H3. The van der Waals surface area contributed by atoms with E-state index in [-0.39, 0.29) is 0 Å². The SMILES string of the molecule is C=C(C)CC(C(C)C)C1C=C(C)CCC1C. The van der Waals surface area contributed by atoms with Crippen LogP contribution in [0.1, 0.15) is 53.9 Å². The summed E-state index contributed by atoms with van der Waals surface area (Å²) in [6.07, 6.45) is 6.40. The smallest absolute Gasteiger partial charge is 0.0171 e. The zero-order valence-corrected chi connectivity index (χ0v) is 11.7. The second kappa shape index (κ2) is 5.70. The number of hydrogen-bond donors (Lipinski definition) is 0. The van der Waals surface area contributed by atoms with Crippen LogP contribution in [0.25, 0.3) is 0 Å². The highest BCUT2D eigenvalue weighted by atomic mass is 14.3. The number of allylic oxidation sites excluding steroid dienone is 3. The largest absolute Gasteiger partial charge is 0.100 e. The van der Waals surface area contributed by atoms with Gasteiger partial charge in [-0.1, -0.05) is 38.0 Å². The van der Waals surface area contributed by atoms with Crippen molar-refractivity contribution in [1.82, 2.24) is 0 Å². The van der Waals surface area contributed by atoms with Crippen LogP contribution in [0.15, 0.2) is 23.8 Å². The first-order chi connectivity index (χ1) is 7.41. The van der Waals surface area contributed by atoms with Crippen molar-refractivity contribution in [1.29, 1.82) is 0 Å². The molecule has 1 aliphatic carbocycles. The highest BCUT2D eigenvalue weighted by Gasteiger charge is 2.29. The van der Waals surface area contributed by atoms with E-state index in [2.05, 4.69) is 47.3 Å². The number of hydrogen-bond acceptors (Lipinski definition) is 0. The minimum atomic E-state index is 0.756. The zero-order valence-electron chi connectivity index (χ0n) is 11.7. The van der Waals surface area contributed by atoms with Crippen LogP contribution in [0.5, 0.6) is 0 Å². The Hall–Kier alpha value is -0.520. The lowest BCUT2D eigenvalue weighted by Crippen LogP contribution is -2.27. The van der Waals surface area contributed by atoms with E-state index in [1.54, 1.807) is 5.57 Å². The maximum Gasteiger partial charge on any atom is -0.0171 e. The van der Waals surface area contributed by atoms with Crippen LogP contribution in [0.4, 0.5) is 0 Å². The summed E-state index contributed by atoms with van der Waals surface area (Å²) in [5.41, 5.74) is 2.93. The van der Waals surface area contributed by atoms with Gasteiger partial charge in [-0.25, -0.2) is 0 Å². The third kappa shape index (κ3) is 3.50. The van der Waals surface area contributed by atoms with E-state index in [1.807, 2.05) is 0 Å². The van der Waals surface area contributed by atoms with Crippen LogP contribution >= 0.6 is 0 Å². The van der Waals surface area contributed by atoms with E-state index in [0.29, 0.717) is 0 Å². The lowest BCUT2D eigenvalue weighted by Gasteiger charge is -2.36. The molecule has 0 nitrogen and oxygen atoms in total. The molecular weight excluding hydrogens is 192 g/mol. The Morgan fingerprint density at radius 2 is 2.12 bits per heavy atom. The molecular formula is C16H28. The van der Waals surface area contributed by atoms with Crippen molar-refractivity contribution < 1.29 is 0 Å². The molecule has 0 fully saturated rings. The first-order valence-electron chi connectivity index (χ1n) is 6.73. The molecule has 0 amide bonds. The van der Waals surface area contributed by atoms with Crippen molar-refractivity contribution >= 4 is 0 Å². The molecule has 3 unspecified atom stereocenters. The molecule has 1 aliphatic rings. The maximum atomic E-state index is 4.10. The van der Waals surface area contributed by atoms with Crippen LogP contribution < -0.4 is 0 Å². The van der Waals surface area contributed by atoms with Gasteiger partial charge in [-0.05, 0) is 56.8 Å². The van der Waals surface area contributed by atoms with E-state index in [9.17, 15) is 0 Å². The predicted octanol–water partition coefficient (Wildman–Crippen LogP) is 5.22. The summed E-state index contributed by atoms with van der Waals surface area (Å²) in [5.74, 6) is 3.15. The molecule has 92 valence electrons. The van der Waals surface area contributed by atoms with Gasteiger partial charge in [0.1, 0.15) is 0 Å². The molecule has 0 heteroatoms. The summed E-state index contributed by atoms with van der Waals surface area (Å²) in [4.78, 5) is 0. The van der Waals surface area contributed by atoms with Crippen molar-refractivity contribution in [2.75, 3.05) is 0 Å². The molecule has 0 aromatic rings. The van der Waals surface area contributed by atoms with E-state index in [4.69, 9.17) is 0 Å². The van der Waals surface area contributed by atoms with Gasteiger partial charge < -0.3 is 0 Å². The van der Waals surface area contributed by atoms with Crippen LogP contribution in [0.2, 0.25) is 0 Å². The fraction of sp³-hybridized carbons (Fsp3) is 0.750. The van der Waals surface area contributed by atoms with Gasteiger partial charge in [0, 0.05) is 0 Å². The van der Waals surface area contributed by atoms with Crippen LogP contribution in [-0.2, 0) is 0 Å². The monoisotopic (exact) mass is 220 g/mol.